The van der Waals surface area contributed by atoms with Crippen LogP contribution in [0.15, 0.2) is 40.4 Å². The molecule has 0 saturated carbocycles. The molecule has 1 aromatic heterocycles. The molecular weight excluding hydrogens is 312 g/mol. The molecule has 0 aliphatic carbocycles. The fourth-order valence-corrected chi connectivity index (χ4v) is 2.57. The molecule has 5 nitrogen and oxygen atoms in total. The van der Waals surface area contributed by atoms with Crippen LogP contribution in [0.25, 0.3) is 0 Å². The van der Waals surface area contributed by atoms with Crippen molar-refractivity contribution in [2.45, 2.75) is 23.8 Å². The highest BCUT2D eigenvalue weighted by molar-refractivity contribution is 8.00. The van der Waals surface area contributed by atoms with Crippen LogP contribution >= 0.6 is 11.8 Å². The van der Waals surface area contributed by atoms with E-state index in [1.807, 2.05) is 0 Å². The number of anilines is 1. The third kappa shape index (κ3) is 3.91. The zero-order valence-electron chi connectivity index (χ0n) is 11.6. The molecule has 0 aliphatic rings. The number of rotatable bonds is 5. The van der Waals surface area contributed by atoms with E-state index in [2.05, 4.69) is 15.3 Å². The van der Waals surface area contributed by atoms with Gasteiger partial charge < -0.3 is 10.3 Å². The molecule has 8 heteroatoms. The van der Waals surface area contributed by atoms with Crippen LogP contribution in [0, 0.1) is 11.6 Å². The summed E-state index contributed by atoms with van der Waals surface area (Å²) in [5.41, 5.74) is -0.825. The Kier molecular flexibility index (Phi) is 5.26. The maximum Gasteiger partial charge on any atom is 0.251 e. The lowest BCUT2D eigenvalue weighted by molar-refractivity contribution is -0.115. The molecule has 1 atom stereocenters. The van der Waals surface area contributed by atoms with E-state index in [1.54, 1.807) is 6.92 Å². The molecule has 22 heavy (non-hydrogen) atoms. The third-order valence-electron chi connectivity index (χ3n) is 2.78. The fourth-order valence-electron chi connectivity index (χ4n) is 1.69. The van der Waals surface area contributed by atoms with E-state index >= 15 is 0 Å². The topological polar surface area (TPSA) is 74.8 Å². The van der Waals surface area contributed by atoms with Gasteiger partial charge in [0.2, 0.25) is 5.91 Å². The SMILES string of the molecule is CCC(Sc1nccc(=O)[nH]1)C(=O)Nc1c(F)cccc1F. The number of nitrogens with one attached hydrogen (secondary N) is 2. The van der Waals surface area contributed by atoms with Gasteiger partial charge in [-0.25, -0.2) is 13.8 Å². The predicted octanol–water partition coefficient (Wildman–Crippen LogP) is 2.56. The molecule has 1 heterocycles. The van der Waals surface area contributed by atoms with E-state index in [9.17, 15) is 18.4 Å². The Morgan fingerprint density at radius 2 is 2.05 bits per heavy atom. The first-order valence-electron chi connectivity index (χ1n) is 6.48. The van der Waals surface area contributed by atoms with E-state index < -0.39 is 28.5 Å². The van der Waals surface area contributed by atoms with Crippen LogP contribution in [0.1, 0.15) is 13.3 Å². The maximum absolute atomic E-state index is 13.5. The number of benzene rings is 1. The van der Waals surface area contributed by atoms with Crippen molar-refractivity contribution in [1.82, 2.24) is 9.97 Å². The second-order valence-corrected chi connectivity index (χ2v) is 5.53. The highest BCUT2D eigenvalue weighted by atomic mass is 32.2. The van der Waals surface area contributed by atoms with E-state index in [4.69, 9.17) is 0 Å². The number of aromatic amines is 1. The van der Waals surface area contributed by atoms with Gasteiger partial charge in [-0.05, 0) is 18.6 Å². The summed E-state index contributed by atoms with van der Waals surface area (Å²) in [5.74, 6) is -2.26. The Morgan fingerprint density at radius 1 is 1.36 bits per heavy atom. The van der Waals surface area contributed by atoms with E-state index in [-0.39, 0.29) is 10.7 Å². The molecule has 1 aromatic carbocycles. The number of thioether (sulfide) groups is 1. The molecule has 2 aromatic rings. The highest BCUT2D eigenvalue weighted by Gasteiger charge is 2.21. The van der Waals surface area contributed by atoms with Gasteiger partial charge in [0.1, 0.15) is 17.3 Å². The highest BCUT2D eigenvalue weighted by Crippen LogP contribution is 2.24. The first-order chi connectivity index (χ1) is 10.5. The van der Waals surface area contributed by atoms with Crippen molar-refractivity contribution < 1.29 is 13.6 Å². The molecule has 116 valence electrons. The molecule has 0 aliphatic heterocycles. The van der Waals surface area contributed by atoms with Gasteiger partial charge in [-0.3, -0.25) is 9.59 Å². The lowest BCUT2D eigenvalue weighted by atomic mass is 10.2. The number of aromatic nitrogens is 2. The van der Waals surface area contributed by atoms with Gasteiger partial charge >= 0.3 is 0 Å². The summed E-state index contributed by atoms with van der Waals surface area (Å²) < 4.78 is 27.1. The summed E-state index contributed by atoms with van der Waals surface area (Å²) in [5, 5.41) is 1.85. The van der Waals surface area contributed by atoms with Crippen LogP contribution in [0.5, 0.6) is 0 Å². The Balaban J connectivity index is 2.14. The average molecular weight is 325 g/mol. The van der Waals surface area contributed by atoms with Crippen molar-refractivity contribution in [3.05, 3.63) is 52.5 Å². The van der Waals surface area contributed by atoms with Crippen LogP contribution in [0.2, 0.25) is 0 Å². The predicted molar refractivity (Wildman–Crippen MR) is 79.8 cm³/mol. The van der Waals surface area contributed by atoms with E-state index in [1.165, 1.54) is 18.3 Å². The lowest BCUT2D eigenvalue weighted by Gasteiger charge is -2.14. The van der Waals surface area contributed by atoms with Crippen molar-refractivity contribution >= 4 is 23.4 Å². The first-order valence-corrected chi connectivity index (χ1v) is 7.36. The molecule has 1 amide bonds. The number of carbonyl (C=O) groups excluding carboxylic acids is 1. The summed E-state index contributed by atoms with van der Waals surface area (Å²) >= 11 is 1.02. The number of H-pyrrole nitrogens is 1. The van der Waals surface area contributed by atoms with Crippen LogP contribution in [-0.4, -0.2) is 21.1 Å². The molecule has 0 spiro atoms. The number of para-hydroxylation sites is 1. The van der Waals surface area contributed by atoms with Gasteiger partial charge in [-0.15, -0.1) is 0 Å². The van der Waals surface area contributed by atoms with E-state index in [0.717, 1.165) is 23.9 Å². The normalized spacial score (nSPS) is 12.0. The molecule has 0 fully saturated rings. The fraction of sp³-hybridized carbons (Fsp3) is 0.214. The number of hydrogen-bond donors (Lipinski definition) is 2. The number of nitrogens with zero attached hydrogens (tertiary/aromatic N) is 1. The van der Waals surface area contributed by atoms with Crippen molar-refractivity contribution in [3.63, 3.8) is 0 Å². The van der Waals surface area contributed by atoms with Gasteiger partial charge in [0.15, 0.2) is 5.16 Å². The Morgan fingerprint density at radius 3 is 2.64 bits per heavy atom. The van der Waals surface area contributed by atoms with Crippen molar-refractivity contribution in [2.24, 2.45) is 0 Å². The Bertz CT molecular complexity index is 716. The summed E-state index contributed by atoms with van der Waals surface area (Å²) in [6.45, 7) is 1.75. The molecule has 0 bridgehead atoms. The van der Waals surface area contributed by atoms with Crippen molar-refractivity contribution in [2.75, 3.05) is 5.32 Å². The lowest BCUT2D eigenvalue weighted by Crippen LogP contribution is -2.26. The van der Waals surface area contributed by atoms with Crippen LogP contribution in [0.4, 0.5) is 14.5 Å². The van der Waals surface area contributed by atoms with Crippen molar-refractivity contribution in [3.8, 4) is 0 Å². The summed E-state index contributed by atoms with van der Waals surface area (Å²) in [4.78, 5) is 29.8. The number of carbonyl (C=O) groups is 1. The van der Waals surface area contributed by atoms with Crippen LogP contribution in [0.3, 0.4) is 0 Å². The molecule has 2 N–H and O–H groups in total. The average Bonchev–Trinajstić information content (AvgIpc) is 2.48. The standard InChI is InChI=1S/C14H13F2N3O2S/c1-2-10(22-14-17-7-6-11(20)18-14)13(21)19-12-8(15)4-3-5-9(12)16/h3-7,10H,2H2,1H3,(H,19,21)(H,17,18,20). The van der Waals surface area contributed by atoms with Crippen molar-refractivity contribution in [1.29, 1.82) is 0 Å². The van der Waals surface area contributed by atoms with Gasteiger partial charge in [0.05, 0.1) is 5.25 Å². The minimum absolute atomic E-state index is 0.267. The van der Waals surface area contributed by atoms with Crippen LogP contribution in [-0.2, 0) is 4.79 Å². The molecule has 2 rings (SSSR count). The number of amides is 1. The first kappa shape index (κ1) is 16.2. The Hall–Kier alpha value is -2.22. The second-order valence-electron chi connectivity index (χ2n) is 4.34. The maximum atomic E-state index is 13.5. The van der Waals surface area contributed by atoms with E-state index in [0.29, 0.717) is 6.42 Å². The van der Waals surface area contributed by atoms with Gasteiger partial charge in [0, 0.05) is 12.3 Å². The van der Waals surface area contributed by atoms with Gasteiger partial charge in [-0.1, -0.05) is 24.8 Å². The largest absolute Gasteiger partial charge is 0.320 e. The number of hydrogen-bond acceptors (Lipinski definition) is 4. The third-order valence-corrected chi connectivity index (χ3v) is 4.04. The van der Waals surface area contributed by atoms with Crippen LogP contribution < -0.4 is 10.9 Å². The molecule has 1 unspecified atom stereocenters. The Labute approximate surface area is 129 Å². The smallest absolute Gasteiger partial charge is 0.251 e. The molecule has 0 saturated heterocycles. The summed E-state index contributed by atoms with van der Waals surface area (Å²) in [6, 6.07) is 4.58. The zero-order valence-corrected chi connectivity index (χ0v) is 12.4. The van der Waals surface area contributed by atoms with Gasteiger partial charge in [-0.2, -0.15) is 0 Å². The summed E-state index contributed by atoms with van der Waals surface area (Å²) in [6.07, 6.45) is 1.72. The monoisotopic (exact) mass is 325 g/mol. The quantitative estimate of drug-likeness (QED) is 0.654. The minimum atomic E-state index is -0.848. The zero-order chi connectivity index (χ0) is 16.1. The summed E-state index contributed by atoms with van der Waals surface area (Å²) in [7, 11) is 0. The van der Waals surface area contributed by atoms with Gasteiger partial charge in [0.25, 0.3) is 5.56 Å². The molecule has 0 radical (unpaired) electrons. The second kappa shape index (κ2) is 7.17. The molecular formula is C14H13F2N3O2S. The number of halogens is 2. The minimum Gasteiger partial charge on any atom is -0.320 e.